The fourth-order valence-corrected chi connectivity index (χ4v) is 4.40. The number of nitrogens with one attached hydrogen (secondary N) is 1. The van der Waals surface area contributed by atoms with Crippen molar-refractivity contribution in [3.8, 4) is 0 Å². The molecule has 11 heteroatoms. The zero-order valence-corrected chi connectivity index (χ0v) is 17.3. The maximum atomic E-state index is 12.7. The molecule has 0 amide bonds. The predicted molar refractivity (Wildman–Crippen MR) is 114 cm³/mol. The number of anilines is 2. The highest BCUT2D eigenvalue weighted by Crippen LogP contribution is 2.21. The Hall–Kier alpha value is -2.60. The molecule has 1 aliphatic rings. The summed E-state index contributed by atoms with van der Waals surface area (Å²) in [6, 6.07) is 12.4. The molecule has 1 heterocycles. The van der Waals surface area contributed by atoms with Crippen LogP contribution >= 0.6 is 12.2 Å². The van der Waals surface area contributed by atoms with Crippen molar-refractivity contribution < 1.29 is 18.1 Å². The lowest BCUT2D eigenvalue weighted by Crippen LogP contribution is -2.40. The van der Waals surface area contributed by atoms with E-state index in [1.54, 1.807) is 36.2 Å². The molecular weight excluding hydrogens is 416 g/mol. The summed E-state index contributed by atoms with van der Waals surface area (Å²) in [6.07, 6.45) is 0. The molecule has 9 nitrogen and oxygen atoms in total. The number of rotatable bonds is 5. The van der Waals surface area contributed by atoms with Crippen LogP contribution in [0.1, 0.15) is 0 Å². The molecule has 0 spiro atoms. The van der Waals surface area contributed by atoms with E-state index in [-0.39, 0.29) is 10.6 Å². The van der Waals surface area contributed by atoms with Crippen molar-refractivity contribution in [2.24, 2.45) is 0 Å². The smallest absolute Gasteiger partial charge is 0.269 e. The van der Waals surface area contributed by atoms with E-state index in [2.05, 4.69) is 5.32 Å². The van der Waals surface area contributed by atoms with Gasteiger partial charge in [0.05, 0.1) is 23.0 Å². The van der Waals surface area contributed by atoms with Gasteiger partial charge in [0.1, 0.15) is 0 Å². The van der Waals surface area contributed by atoms with Crippen LogP contribution in [0.15, 0.2) is 53.4 Å². The number of morpholine rings is 1. The Bertz CT molecular complexity index is 988. The molecule has 2 aromatic carbocycles. The first-order valence-corrected chi connectivity index (χ1v) is 10.6. The van der Waals surface area contributed by atoms with Crippen LogP contribution in [0.2, 0.25) is 0 Å². The van der Waals surface area contributed by atoms with Crippen molar-refractivity contribution in [3.05, 3.63) is 58.6 Å². The van der Waals surface area contributed by atoms with Gasteiger partial charge in [0, 0.05) is 43.6 Å². The van der Waals surface area contributed by atoms with Crippen LogP contribution in [0.3, 0.4) is 0 Å². The largest absolute Gasteiger partial charge is 0.379 e. The highest BCUT2D eigenvalue weighted by atomic mass is 32.2. The van der Waals surface area contributed by atoms with Gasteiger partial charge >= 0.3 is 0 Å². The molecule has 1 fully saturated rings. The Kier molecular flexibility index (Phi) is 6.42. The summed E-state index contributed by atoms with van der Waals surface area (Å²) < 4.78 is 31.9. The quantitative estimate of drug-likeness (QED) is 0.433. The van der Waals surface area contributed by atoms with E-state index in [9.17, 15) is 18.5 Å². The van der Waals surface area contributed by atoms with Crippen molar-refractivity contribution in [3.63, 3.8) is 0 Å². The van der Waals surface area contributed by atoms with Crippen molar-refractivity contribution >= 4 is 44.4 Å². The van der Waals surface area contributed by atoms with Crippen LogP contribution < -0.4 is 10.2 Å². The van der Waals surface area contributed by atoms with Gasteiger partial charge < -0.3 is 15.0 Å². The van der Waals surface area contributed by atoms with Gasteiger partial charge in [-0.15, -0.1) is 0 Å². The standard InChI is InChI=1S/C18H20N4O5S2/c1-20(15-4-6-16(7-5-15)22(23)24)18(28)19-14-2-8-17(9-3-14)29(25,26)21-10-12-27-13-11-21/h2-9H,10-13H2,1H3,(H,19,28). The molecule has 2 aromatic rings. The molecule has 0 unspecified atom stereocenters. The van der Waals surface area contributed by atoms with E-state index in [1.807, 2.05) is 0 Å². The Labute approximate surface area is 174 Å². The SMILES string of the molecule is CN(C(=S)Nc1ccc(S(=O)(=O)N2CCOCC2)cc1)c1ccc([N+](=O)[O-])cc1. The summed E-state index contributed by atoms with van der Waals surface area (Å²) in [5.41, 5.74) is 1.31. The van der Waals surface area contributed by atoms with Gasteiger partial charge in [-0.25, -0.2) is 8.42 Å². The molecule has 0 aliphatic carbocycles. The number of benzene rings is 2. The van der Waals surface area contributed by atoms with Crippen molar-refractivity contribution in [1.29, 1.82) is 0 Å². The molecule has 1 saturated heterocycles. The highest BCUT2D eigenvalue weighted by molar-refractivity contribution is 7.89. The average Bonchev–Trinajstić information content (AvgIpc) is 2.74. The van der Waals surface area contributed by atoms with Crippen LogP contribution in [-0.4, -0.2) is 56.1 Å². The van der Waals surface area contributed by atoms with Gasteiger partial charge in [-0.2, -0.15) is 4.31 Å². The number of nitrogens with zero attached hydrogens (tertiary/aromatic N) is 3. The van der Waals surface area contributed by atoms with Gasteiger partial charge in [0.15, 0.2) is 5.11 Å². The minimum atomic E-state index is -3.55. The van der Waals surface area contributed by atoms with Crippen LogP contribution in [0.5, 0.6) is 0 Å². The zero-order chi connectivity index (χ0) is 21.0. The Morgan fingerprint density at radius 1 is 1.14 bits per heavy atom. The molecule has 0 saturated carbocycles. The Morgan fingerprint density at radius 2 is 1.72 bits per heavy atom. The van der Waals surface area contributed by atoms with Crippen LogP contribution in [0.25, 0.3) is 0 Å². The van der Waals surface area contributed by atoms with Gasteiger partial charge in [0.2, 0.25) is 10.0 Å². The highest BCUT2D eigenvalue weighted by Gasteiger charge is 2.26. The number of nitro benzene ring substituents is 1. The van der Waals surface area contributed by atoms with E-state index < -0.39 is 14.9 Å². The first-order valence-electron chi connectivity index (χ1n) is 8.76. The number of sulfonamides is 1. The topological polar surface area (TPSA) is 105 Å². The second-order valence-electron chi connectivity index (χ2n) is 6.30. The van der Waals surface area contributed by atoms with Crippen LogP contribution in [0, 0.1) is 10.1 Å². The first-order chi connectivity index (χ1) is 13.8. The summed E-state index contributed by atoms with van der Waals surface area (Å²) in [5.74, 6) is 0. The molecule has 0 radical (unpaired) electrons. The zero-order valence-electron chi connectivity index (χ0n) is 15.6. The van der Waals surface area contributed by atoms with Crippen LogP contribution in [0.4, 0.5) is 17.1 Å². The lowest BCUT2D eigenvalue weighted by Gasteiger charge is -2.26. The maximum Gasteiger partial charge on any atom is 0.269 e. The monoisotopic (exact) mass is 436 g/mol. The number of ether oxygens (including phenoxy) is 1. The van der Waals surface area contributed by atoms with Gasteiger partial charge in [0.25, 0.3) is 5.69 Å². The first kappa shape index (κ1) is 21.1. The molecular formula is C18H20N4O5S2. The number of hydrogen-bond acceptors (Lipinski definition) is 6. The van der Waals surface area contributed by atoms with Gasteiger partial charge in [-0.1, -0.05) is 0 Å². The fraction of sp³-hybridized carbons (Fsp3) is 0.278. The van der Waals surface area contributed by atoms with Gasteiger partial charge in [-0.05, 0) is 48.6 Å². The number of hydrogen-bond donors (Lipinski definition) is 1. The van der Waals surface area contributed by atoms with E-state index >= 15 is 0 Å². The minimum Gasteiger partial charge on any atom is -0.379 e. The second-order valence-corrected chi connectivity index (χ2v) is 8.63. The Morgan fingerprint density at radius 3 is 2.28 bits per heavy atom. The molecule has 0 atom stereocenters. The third-order valence-electron chi connectivity index (χ3n) is 4.47. The molecule has 1 aliphatic heterocycles. The lowest BCUT2D eigenvalue weighted by atomic mass is 10.2. The molecule has 0 bridgehead atoms. The third-order valence-corrected chi connectivity index (χ3v) is 6.75. The second kappa shape index (κ2) is 8.82. The van der Waals surface area contributed by atoms with Crippen LogP contribution in [-0.2, 0) is 14.8 Å². The van der Waals surface area contributed by atoms with Crippen molar-refractivity contribution in [2.45, 2.75) is 4.90 Å². The van der Waals surface area contributed by atoms with E-state index in [4.69, 9.17) is 17.0 Å². The summed E-state index contributed by atoms with van der Waals surface area (Å²) in [7, 11) is -1.82. The summed E-state index contributed by atoms with van der Waals surface area (Å²) in [4.78, 5) is 12.2. The third kappa shape index (κ3) is 4.88. The van der Waals surface area contributed by atoms with Crippen molar-refractivity contribution in [1.82, 2.24) is 4.31 Å². The summed E-state index contributed by atoms with van der Waals surface area (Å²) >= 11 is 5.37. The van der Waals surface area contributed by atoms with E-state index in [0.717, 1.165) is 0 Å². The van der Waals surface area contributed by atoms with Gasteiger partial charge in [-0.3, -0.25) is 10.1 Å². The summed E-state index contributed by atoms with van der Waals surface area (Å²) in [5, 5.41) is 14.2. The van der Waals surface area contributed by atoms with E-state index in [1.165, 1.54) is 28.6 Å². The number of thiocarbonyl (C=S) groups is 1. The normalized spacial score (nSPS) is 14.9. The summed E-state index contributed by atoms with van der Waals surface area (Å²) in [6.45, 7) is 1.46. The minimum absolute atomic E-state index is 0.00177. The van der Waals surface area contributed by atoms with E-state index in [0.29, 0.717) is 42.8 Å². The average molecular weight is 437 g/mol. The molecule has 1 N–H and O–H groups in total. The molecule has 0 aromatic heterocycles. The fourth-order valence-electron chi connectivity index (χ4n) is 2.77. The Balaban J connectivity index is 1.67. The molecule has 154 valence electrons. The lowest BCUT2D eigenvalue weighted by molar-refractivity contribution is -0.384. The van der Waals surface area contributed by atoms with Crippen molar-refractivity contribution in [2.75, 3.05) is 43.6 Å². The maximum absolute atomic E-state index is 12.7. The predicted octanol–water partition coefficient (Wildman–Crippen LogP) is 2.45. The number of non-ortho nitro benzene ring substituents is 1. The molecule has 3 rings (SSSR count). The molecule has 29 heavy (non-hydrogen) atoms. The number of nitro groups is 1.